The molecule has 0 saturated heterocycles. The largest absolute Gasteiger partial charge is 0.493 e. The normalized spacial score (nSPS) is 10.1. The van der Waals surface area contributed by atoms with Crippen molar-refractivity contribution in [2.24, 2.45) is 0 Å². The molecule has 1 aromatic carbocycles. The number of aromatic nitrogens is 2. The van der Waals surface area contributed by atoms with E-state index in [2.05, 4.69) is 20.6 Å². The zero-order valence-electron chi connectivity index (χ0n) is 14.1. The number of ether oxygens (including phenoxy) is 2. The molecule has 2 aromatic rings. The Bertz CT molecular complexity index is 674. The number of nitrogens with one attached hydrogen (secondary N) is 2. The second kappa shape index (κ2) is 8.71. The summed E-state index contributed by atoms with van der Waals surface area (Å²) in [5.41, 5.74) is 1.32. The zero-order valence-corrected chi connectivity index (χ0v) is 14.1. The monoisotopic (exact) mass is 330 g/mol. The van der Waals surface area contributed by atoms with Crippen molar-refractivity contribution in [2.45, 2.75) is 19.9 Å². The highest BCUT2D eigenvalue weighted by molar-refractivity contribution is 5.91. The lowest BCUT2D eigenvalue weighted by Gasteiger charge is -2.10. The fourth-order valence-electron chi connectivity index (χ4n) is 2.05. The van der Waals surface area contributed by atoms with Crippen LogP contribution in [0, 0.1) is 0 Å². The Hall–Kier alpha value is -2.83. The minimum atomic E-state index is -0.212. The molecule has 0 radical (unpaired) electrons. The molecule has 0 bridgehead atoms. The minimum absolute atomic E-state index is 0.212. The van der Waals surface area contributed by atoms with Gasteiger partial charge in [0.1, 0.15) is 11.5 Å². The third kappa shape index (κ3) is 4.58. The summed E-state index contributed by atoms with van der Waals surface area (Å²) in [7, 11) is 3.20. The topological polar surface area (TPSA) is 85.4 Å². The Morgan fingerprint density at radius 3 is 2.54 bits per heavy atom. The molecule has 1 heterocycles. The van der Waals surface area contributed by atoms with Crippen molar-refractivity contribution in [1.29, 1.82) is 0 Å². The zero-order chi connectivity index (χ0) is 17.4. The van der Waals surface area contributed by atoms with E-state index in [-0.39, 0.29) is 5.91 Å². The van der Waals surface area contributed by atoms with Gasteiger partial charge in [0, 0.05) is 13.1 Å². The second-order valence-corrected chi connectivity index (χ2v) is 5.09. The minimum Gasteiger partial charge on any atom is -0.493 e. The van der Waals surface area contributed by atoms with E-state index in [1.165, 1.54) is 6.20 Å². The van der Waals surface area contributed by atoms with Gasteiger partial charge in [-0.2, -0.15) is 0 Å². The van der Waals surface area contributed by atoms with Crippen molar-refractivity contribution in [2.75, 3.05) is 26.1 Å². The van der Waals surface area contributed by atoms with Gasteiger partial charge in [-0.05, 0) is 24.1 Å². The lowest BCUT2D eigenvalue weighted by Crippen LogP contribution is -2.25. The first-order valence-corrected chi connectivity index (χ1v) is 7.73. The van der Waals surface area contributed by atoms with Gasteiger partial charge in [-0.3, -0.25) is 4.79 Å². The van der Waals surface area contributed by atoms with Crippen LogP contribution in [0.2, 0.25) is 0 Å². The van der Waals surface area contributed by atoms with Gasteiger partial charge in [0.15, 0.2) is 11.5 Å². The number of amides is 1. The van der Waals surface area contributed by atoms with Crippen molar-refractivity contribution in [1.82, 2.24) is 15.3 Å². The number of hydrogen-bond acceptors (Lipinski definition) is 6. The van der Waals surface area contributed by atoms with Crippen molar-refractivity contribution >= 4 is 11.7 Å². The Morgan fingerprint density at radius 1 is 1.12 bits per heavy atom. The van der Waals surface area contributed by atoms with Crippen LogP contribution in [0.5, 0.6) is 11.5 Å². The van der Waals surface area contributed by atoms with Gasteiger partial charge in [0.2, 0.25) is 0 Å². The highest BCUT2D eigenvalue weighted by Crippen LogP contribution is 2.27. The Kier molecular flexibility index (Phi) is 6.36. The van der Waals surface area contributed by atoms with Gasteiger partial charge in [0.25, 0.3) is 5.91 Å². The third-order valence-electron chi connectivity index (χ3n) is 3.34. The summed E-state index contributed by atoms with van der Waals surface area (Å²) < 4.78 is 10.5. The predicted molar refractivity (Wildman–Crippen MR) is 91.5 cm³/mol. The fraction of sp³-hybridized carbons (Fsp3) is 0.353. The van der Waals surface area contributed by atoms with Gasteiger partial charge < -0.3 is 20.1 Å². The van der Waals surface area contributed by atoms with E-state index in [1.54, 1.807) is 20.4 Å². The first kappa shape index (κ1) is 17.5. The van der Waals surface area contributed by atoms with Crippen molar-refractivity contribution < 1.29 is 14.3 Å². The van der Waals surface area contributed by atoms with Crippen LogP contribution in [0.3, 0.4) is 0 Å². The quantitative estimate of drug-likeness (QED) is 0.772. The van der Waals surface area contributed by atoms with Gasteiger partial charge >= 0.3 is 0 Å². The van der Waals surface area contributed by atoms with Crippen LogP contribution in [-0.4, -0.2) is 36.6 Å². The van der Waals surface area contributed by atoms with E-state index in [1.807, 2.05) is 25.1 Å². The number of anilines is 1. The maximum absolute atomic E-state index is 11.8. The molecule has 0 spiro atoms. The van der Waals surface area contributed by atoms with Gasteiger partial charge in [0.05, 0.1) is 26.6 Å². The number of hydrogen-bond donors (Lipinski definition) is 2. The SMILES string of the molecule is CCCNC(=O)c1cnc(NCc2ccc(OC)c(OC)c2)cn1. The second-order valence-electron chi connectivity index (χ2n) is 5.09. The lowest BCUT2D eigenvalue weighted by molar-refractivity contribution is 0.0948. The molecule has 128 valence electrons. The van der Waals surface area contributed by atoms with E-state index in [9.17, 15) is 4.79 Å². The smallest absolute Gasteiger partial charge is 0.271 e. The van der Waals surface area contributed by atoms with Gasteiger partial charge in [-0.15, -0.1) is 0 Å². The maximum Gasteiger partial charge on any atom is 0.271 e. The Morgan fingerprint density at radius 2 is 1.92 bits per heavy atom. The molecular weight excluding hydrogens is 308 g/mol. The van der Waals surface area contributed by atoms with E-state index in [0.717, 1.165) is 12.0 Å². The molecule has 2 rings (SSSR count). The van der Waals surface area contributed by atoms with Crippen LogP contribution in [0.25, 0.3) is 0 Å². The molecule has 2 N–H and O–H groups in total. The van der Waals surface area contributed by atoms with Gasteiger partial charge in [-0.1, -0.05) is 13.0 Å². The number of rotatable bonds is 8. The molecule has 0 saturated carbocycles. The highest BCUT2D eigenvalue weighted by Gasteiger charge is 2.08. The van der Waals surface area contributed by atoms with Crippen molar-refractivity contribution in [3.8, 4) is 11.5 Å². The number of carbonyl (C=O) groups excluding carboxylic acids is 1. The molecule has 7 heteroatoms. The molecule has 0 aliphatic carbocycles. The molecule has 0 unspecified atom stereocenters. The predicted octanol–water partition coefficient (Wildman–Crippen LogP) is 2.25. The van der Waals surface area contributed by atoms with E-state index < -0.39 is 0 Å². The molecule has 24 heavy (non-hydrogen) atoms. The molecule has 7 nitrogen and oxygen atoms in total. The van der Waals surface area contributed by atoms with Crippen LogP contribution in [0.1, 0.15) is 29.4 Å². The average molecular weight is 330 g/mol. The van der Waals surface area contributed by atoms with E-state index >= 15 is 0 Å². The molecule has 0 atom stereocenters. The summed E-state index contributed by atoms with van der Waals surface area (Å²) in [4.78, 5) is 20.1. The summed E-state index contributed by atoms with van der Waals surface area (Å²) in [5.74, 6) is 1.74. The summed E-state index contributed by atoms with van der Waals surface area (Å²) >= 11 is 0. The van der Waals surface area contributed by atoms with Crippen LogP contribution in [0.15, 0.2) is 30.6 Å². The van der Waals surface area contributed by atoms with Crippen LogP contribution in [-0.2, 0) is 6.54 Å². The van der Waals surface area contributed by atoms with E-state index in [4.69, 9.17) is 9.47 Å². The average Bonchev–Trinajstić information content (AvgIpc) is 2.64. The number of benzene rings is 1. The summed E-state index contributed by atoms with van der Waals surface area (Å²) in [5, 5.41) is 5.92. The number of carbonyl (C=O) groups is 1. The first-order chi connectivity index (χ1) is 11.7. The highest BCUT2D eigenvalue weighted by atomic mass is 16.5. The molecular formula is C17H22N4O3. The number of methoxy groups -OCH3 is 2. The standard InChI is InChI=1S/C17H22N4O3/c1-4-7-18-17(22)13-10-21-16(11-19-13)20-9-12-5-6-14(23-2)15(8-12)24-3/h5-6,8,10-11H,4,7,9H2,1-3H3,(H,18,22)(H,20,21). The van der Waals surface area contributed by atoms with Crippen LogP contribution >= 0.6 is 0 Å². The third-order valence-corrected chi connectivity index (χ3v) is 3.34. The molecule has 1 aromatic heterocycles. The lowest BCUT2D eigenvalue weighted by atomic mass is 10.2. The summed E-state index contributed by atoms with van der Waals surface area (Å²) in [6.07, 6.45) is 3.88. The van der Waals surface area contributed by atoms with Crippen molar-refractivity contribution in [3.05, 3.63) is 41.9 Å². The molecule has 0 aliphatic rings. The Labute approximate surface area is 141 Å². The first-order valence-electron chi connectivity index (χ1n) is 7.73. The summed E-state index contributed by atoms with van der Waals surface area (Å²) in [6.45, 7) is 3.17. The fourth-order valence-corrected chi connectivity index (χ4v) is 2.05. The number of nitrogens with zero attached hydrogens (tertiary/aromatic N) is 2. The van der Waals surface area contributed by atoms with Crippen molar-refractivity contribution in [3.63, 3.8) is 0 Å². The summed E-state index contributed by atoms with van der Waals surface area (Å²) in [6, 6.07) is 5.68. The van der Waals surface area contributed by atoms with Crippen LogP contribution < -0.4 is 20.1 Å². The molecule has 0 aliphatic heterocycles. The Balaban J connectivity index is 1.96. The van der Waals surface area contributed by atoms with E-state index in [0.29, 0.717) is 36.1 Å². The van der Waals surface area contributed by atoms with Crippen LogP contribution in [0.4, 0.5) is 5.82 Å². The maximum atomic E-state index is 11.8. The molecule has 1 amide bonds. The van der Waals surface area contributed by atoms with Gasteiger partial charge in [-0.25, -0.2) is 9.97 Å². The molecule has 0 fully saturated rings.